The number of halogens is 4. The molecule has 0 atom stereocenters. The van der Waals surface area contributed by atoms with Crippen LogP contribution in [0.4, 0.5) is 13.2 Å². The molecule has 0 aliphatic heterocycles. The number of hydrogen-bond donors (Lipinski definition) is 0. The molecule has 0 N–H and O–H groups in total. The molecule has 0 bridgehead atoms. The van der Waals surface area contributed by atoms with Crippen LogP contribution in [0.25, 0.3) is 0 Å². The normalized spacial score (nSPS) is 10.8. The number of aromatic nitrogens is 1. The van der Waals surface area contributed by atoms with Crippen molar-refractivity contribution in [3.63, 3.8) is 0 Å². The molecule has 1 aromatic heterocycles. The van der Waals surface area contributed by atoms with E-state index in [2.05, 4.69) is 9.72 Å². The summed E-state index contributed by atoms with van der Waals surface area (Å²) in [5, 5.41) is 0. The van der Waals surface area contributed by atoms with Crippen molar-refractivity contribution in [2.45, 2.75) is 25.7 Å². The Kier molecular flexibility index (Phi) is 5.40. The van der Waals surface area contributed by atoms with Gasteiger partial charge < -0.3 is 4.74 Å². The van der Waals surface area contributed by atoms with Crippen molar-refractivity contribution < 1.29 is 22.7 Å². The molecule has 0 unspecified atom stereocenters. The highest BCUT2D eigenvalue weighted by Gasteiger charge is 2.23. The third kappa shape index (κ3) is 3.35. The van der Waals surface area contributed by atoms with Gasteiger partial charge in [-0.3, -0.25) is 4.79 Å². The van der Waals surface area contributed by atoms with E-state index in [1.807, 2.05) is 0 Å². The van der Waals surface area contributed by atoms with E-state index in [4.69, 9.17) is 11.6 Å². The minimum absolute atomic E-state index is 0.104. The second kappa shape index (κ2) is 6.58. The van der Waals surface area contributed by atoms with Gasteiger partial charge in [0.15, 0.2) is 0 Å². The number of pyridine rings is 1. The van der Waals surface area contributed by atoms with Crippen molar-refractivity contribution in [2.75, 3.05) is 6.61 Å². The molecule has 1 aromatic rings. The van der Waals surface area contributed by atoms with Gasteiger partial charge in [0.1, 0.15) is 0 Å². The van der Waals surface area contributed by atoms with Gasteiger partial charge in [0.2, 0.25) is 5.95 Å². The van der Waals surface area contributed by atoms with Crippen LogP contribution in [0.5, 0.6) is 0 Å². The van der Waals surface area contributed by atoms with Crippen LogP contribution in [-0.4, -0.2) is 17.6 Å². The van der Waals surface area contributed by atoms with Gasteiger partial charge in [-0.05, 0) is 18.1 Å². The quantitative estimate of drug-likeness (QED) is 0.473. The molecule has 0 radical (unpaired) electrons. The zero-order chi connectivity index (χ0) is 13.7. The fraction of sp³-hybridized carbons (Fsp3) is 0.455. The summed E-state index contributed by atoms with van der Waals surface area (Å²) in [6, 6.07) is 0. The van der Waals surface area contributed by atoms with Gasteiger partial charge in [-0.2, -0.15) is 4.39 Å². The van der Waals surface area contributed by atoms with Crippen molar-refractivity contribution in [3.05, 3.63) is 28.8 Å². The molecule has 18 heavy (non-hydrogen) atoms. The summed E-state index contributed by atoms with van der Waals surface area (Å²) in [5.74, 6) is -2.20. The molecule has 0 aromatic carbocycles. The molecule has 0 amide bonds. The second-order valence-electron chi connectivity index (χ2n) is 3.38. The second-order valence-corrected chi connectivity index (χ2v) is 3.65. The van der Waals surface area contributed by atoms with E-state index in [0.717, 1.165) is 6.20 Å². The zero-order valence-corrected chi connectivity index (χ0v) is 10.3. The average molecular weight is 282 g/mol. The Hall–Kier alpha value is -1.30. The summed E-state index contributed by atoms with van der Waals surface area (Å²) in [7, 11) is 0. The minimum Gasteiger partial charge on any atom is -0.466 e. The number of esters is 1. The Morgan fingerprint density at radius 3 is 2.72 bits per heavy atom. The third-order valence-corrected chi connectivity index (χ3v) is 2.53. The van der Waals surface area contributed by atoms with Gasteiger partial charge >= 0.3 is 5.97 Å². The van der Waals surface area contributed by atoms with Crippen LogP contribution in [0.15, 0.2) is 6.20 Å². The van der Waals surface area contributed by atoms with Crippen molar-refractivity contribution in [2.24, 2.45) is 0 Å². The highest BCUT2D eigenvalue weighted by molar-refractivity contribution is 6.17. The molecule has 0 aliphatic carbocycles. The molecule has 0 aliphatic rings. The molecule has 0 saturated heterocycles. The monoisotopic (exact) mass is 281 g/mol. The Morgan fingerprint density at radius 2 is 2.22 bits per heavy atom. The van der Waals surface area contributed by atoms with E-state index < -0.39 is 23.9 Å². The van der Waals surface area contributed by atoms with Gasteiger partial charge in [0.25, 0.3) is 6.43 Å². The maximum absolute atomic E-state index is 13.2. The van der Waals surface area contributed by atoms with E-state index in [-0.39, 0.29) is 30.0 Å². The van der Waals surface area contributed by atoms with Crippen LogP contribution in [0.3, 0.4) is 0 Å². The molecule has 7 heteroatoms. The number of nitrogens with zero attached hydrogens (tertiary/aromatic N) is 1. The standard InChI is InChI=1S/C11H11ClF3NO2/c1-2-18-8(17)3-6-5-16-11(15)9(10(13)14)7(6)4-12/h5,10H,2-4H2,1H3. The van der Waals surface area contributed by atoms with E-state index in [0.29, 0.717) is 0 Å². The van der Waals surface area contributed by atoms with Gasteiger partial charge in [-0.1, -0.05) is 0 Å². The number of carbonyl (C=O) groups is 1. The molecule has 0 saturated carbocycles. The van der Waals surface area contributed by atoms with Crippen molar-refractivity contribution in [1.29, 1.82) is 0 Å². The highest BCUT2D eigenvalue weighted by Crippen LogP contribution is 2.28. The predicted octanol–water partition coefficient (Wildman–Crippen LogP) is 3.00. The summed E-state index contributed by atoms with van der Waals surface area (Å²) in [6.45, 7) is 1.79. The molecule has 1 heterocycles. The van der Waals surface area contributed by atoms with Gasteiger partial charge in [-0.15, -0.1) is 11.6 Å². The number of hydrogen-bond acceptors (Lipinski definition) is 3. The fourth-order valence-corrected chi connectivity index (χ4v) is 1.79. The first-order chi connectivity index (χ1) is 8.51. The summed E-state index contributed by atoms with van der Waals surface area (Å²) < 4.78 is 43.2. The van der Waals surface area contributed by atoms with Gasteiger partial charge in [0, 0.05) is 12.1 Å². The maximum atomic E-state index is 13.2. The molecule has 0 fully saturated rings. The van der Waals surface area contributed by atoms with Crippen LogP contribution >= 0.6 is 11.6 Å². The van der Waals surface area contributed by atoms with Crippen LogP contribution in [0.1, 0.15) is 30.0 Å². The molecule has 1 rings (SSSR count). The summed E-state index contributed by atoms with van der Waals surface area (Å²) in [4.78, 5) is 14.5. The Bertz CT molecular complexity index is 441. The lowest BCUT2D eigenvalue weighted by Crippen LogP contribution is -2.12. The van der Waals surface area contributed by atoms with E-state index in [1.54, 1.807) is 6.92 Å². The Balaban J connectivity index is 3.13. The Morgan fingerprint density at radius 1 is 1.56 bits per heavy atom. The van der Waals surface area contributed by atoms with Crippen molar-refractivity contribution in [1.82, 2.24) is 4.98 Å². The van der Waals surface area contributed by atoms with Crippen LogP contribution in [0.2, 0.25) is 0 Å². The first-order valence-corrected chi connectivity index (χ1v) is 5.70. The molecular weight excluding hydrogens is 271 g/mol. The van der Waals surface area contributed by atoms with Gasteiger partial charge in [0.05, 0.1) is 18.6 Å². The van der Waals surface area contributed by atoms with Gasteiger partial charge in [-0.25, -0.2) is 13.8 Å². The lowest BCUT2D eigenvalue weighted by molar-refractivity contribution is -0.142. The average Bonchev–Trinajstić information content (AvgIpc) is 2.30. The van der Waals surface area contributed by atoms with Crippen LogP contribution in [-0.2, 0) is 21.8 Å². The number of ether oxygens (including phenoxy) is 1. The predicted molar refractivity (Wildman–Crippen MR) is 59.0 cm³/mol. The zero-order valence-electron chi connectivity index (χ0n) is 9.55. The molecular formula is C11H11ClF3NO2. The Labute approximate surface area is 107 Å². The summed E-state index contributed by atoms with van der Waals surface area (Å²) >= 11 is 5.53. The first-order valence-electron chi connectivity index (χ1n) is 5.17. The fourth-order valence-electron chi connectivity index (χ4n) is 1.48. The minimum atomic E-state index is -3.03. The third-order valence-electron chi connectivity index (χ3n) is 2.26. The maximum Gasteiger partial charge on any atom is 0.310 e. The lowest BCUT2D eigenvalue weighted by Gasteiger charge is -2.12. The molecule has 0 spiro atoms. The summed E-state index contributed by atoms with van der Waals surface area (Å²) in [5.41, 5.74) is -0.806. The highest BCUT2D eigenvalue weighted by atomic mass is 35.5. The molecule has 100 valence electrons. The van der Waals surface area contributed by atoms with Crippen LogP contribution in [0, 0.1) is 5.95 Å². The topological polar surface area (TPSA) is 39.2 Å². The number of alkyl halides is 3. The number of carbonyl (C=O) groups excluding carboxylic acids is 1. The van der Waals surface area contributed by atoms with E-state index >= 15 is 0 Å². The lowest BCUT2D eigenvalue weighted by atomic mass is 10.0. The van der Waals surface area contributed by atoms with Crippen molar-refractivity contribution in [3.8, 4) is 0 Å². The largest absolute Gasteiger partial charge is 0.466 e. The SMILES string of the molecule is CCOC(=O)Cc1cnc(F)c(C(F)F)c1CCl. The van der Waals surface area contributed by atoms with Crippen molar-refractivity contribution >= 4 is 17.6 Å². The molecule has 3 nitrogen and oxygen atoms in total. The number of rotatable bonds is 5. The van der Waals surface area contributed by atoms with E-state index in [1.165, 1.54) is 0 Å². The van der Waals surface area contributed by atoms with Crippen LogP contribution < -0.4 is 0 Å². The smallest absolute Gasteiger partial charge is 0.310 e. The summed E-state index contributed by atoms with van der Waals surface area (Å²) in [6.07, 6.45) is -2.27. The van der Waals surface area contributed by atoms with E-state index in [9.17, 15) is 18.0 Å². The first kappa shape index (κ1) is 14.8.